The molecule has 2 rings (SSSR count). The topological polar surface area (TPSA) is 34.4 Å². The zero-order valence-electron chi connectivity index (χ0n) is 10.8. The van der Waals surface area contributed by atoms with Crippen LogP contribution in [0.25, 0.3) is 0 Å². The van der Waals surface area contributed by atoms with Crippen LogP contribution in [0.15, 0.2) is 47.1 Å². The second kappa shape index (κ2) is 6.15. The van der Waals surface area contributed by atoms with Crippen LogP contribution in [0.3, 0.4) is 0 Å². The standard InChI is InChI=1S/C15H19NO2/c1-12(5-8-15-4-3-11-18-15)16-13-6-9-14(17-2)10-7-13/h3-4,6-7,9-12,16H,5,8H2,1-2H3. The summed E-state index contributed by atoms with van der Waals surface area (Å²) in [5.74, 6) is 1.92. The summed E-state index contributed by atoms with van der Waals surface area (Å²) in [5, 5.41) is 3.46. The molecule has 96 valence electrons. The molecule has 1 atom stereocenters. The minimum atomic E-state index is 0.406. The van der Waals surface area contributed by atoms with E-state index in [1.807, 2.05) is 36.4 Å². The molecule has 1 unspecified atom stereocenters. The van der Waals surface area contributed by atoms with Gasteiger partial charge in [-0.1, -0.05) is 0 Å². The maximum absolute atomic E-state index is 5.32. The van der Waals surface area contributed by atoms with E-state index >= 15 is 0 Å². The number of aryl methyl sites for hydroxylation is 1. The van der Waals surface area contributed by atoms with Gasteiger partial charge in [0, 0.05) is 18.2 Å². The van der Waals surface area contributed by atoms with Crippen LogP contribution in [0, 0.1) is 0 Å². The van der Waals surface area contributed by atoms with E-state index in [9.17, 15) is 0 Å². The molecule has 2 aromatic rings. The van der Waals surface area contributed by atoms with Gasteiger partial charge in [0.15, 0.2) is 0 Å². The number of ether oxygens (including phenoxy) is 1. The van der Waals surface area contributed by atoms with E-state index < -0.39 is 0 Å². The number of nitrogens with one attached hydrogen (secondary N) is 1. The third-order valence-electron chi connectivity index (χ3n) is 2.91. The van der Waals surface area contributed by atoms with Crippen molar-refractivity contribution in [2.45, 2.75) is 25.8 Å². The van der Waals surface area contributed by atoms with E-state index in [1.54, 1.807) is 13.4 Å². The number of rotatable bonds is 6. The Morgan fingerprint density at radius 2 is 2.00 bits per heavy atom. The molecule has 3 nitrogen and oxygen atoms in total. The summed E-state index contributed by atoms with van der Waals surface area (Å²) in [6, 6.07) is 12.3. The molecule has 0 aliphatic rings. The fourth-order valence-corrected chi connectivity index (χ4v) is 1.86. The van der Waals surface area contributed by atoms with Gasteiger partial charge < -0.3 is 14.5 Å². The monoisotopic (exact) mass is 245 g/mol. The van der Waals surface area contributed by atoms with Gasteiger partial charge in [-0.05, 0) is 49.7 Å². The predicted octanol–water partition coefficient (Wildman–Crippen LogP) is 3.72. The number of benzene rings is 1. The largest absolute Gasteiger partial charge is 0.497 e. The Morgan fingerprint density at radius 1 is 1.22 bits per heavy atom. The molecule has 1 N–H and O–H groups in total. The third-order valence-corrected chi connectivity index (χ3v) is 2.91. The maximum Gasteiger partial charge on any atom is 0.119 e. The van der Waals surface area contributed by atoms with Gasteiger partial charge in [0.05, 0.1) is 13.4 Å². The highest BCUT2D eigenvalue weighted by atomic mass is 16.5. The molecular formula is C15H19NO2. The van der Waals surface area contributed by atoms with Crippen LogP contribution in [0.4, 0.5) is 5.69 Å². The van der Waals surface area contributed by atoms with E-state index in [0.29, 0.717) is 6.04 Å². The molecule has 0 spiro atoms. The molecule has 1 aromatic carbocycles. The first-order valence-corrected chi connectivity index (χ1v) is 6.21. The second-order valence-electron chi connectivity index (χ2n) is 4.39. The molecule has 0 fully saturated rings. The maximum atomic E-state index is 5.32. The van der Waals surface area contributed by atoms with Crippen molar-refractivity contribution in [1.82, 2.24) is 0 Å². The van der Waals surface area contributed by atoms with Gasteiger partial charge in [-0.3, -0.25) is 0 Å². The number of anilines is 1. The Morgan fingerprint density at radius 3 is 2.61 bits per heavy atom. The number of hydrogen-bond acceptors (Lipinski definition) is 3. The number of furan rings is 1. The molecule has 0 amide bonds. The van der Waals surface area contributed by atoms with Crippen molar-refractivity contribution in [1.29, 1.82) is 0 Å². The lowest BCUT2D eigenvalue weighted by Gasteiger charge is -2.14. The lowest BCUT2D eigenvalue weighted by molar-refractivity contribution is 0.415. The molecule has 1 aromatic heterocycles. The first-order valence-electron chi connectivity index (χ1n) is 6.21. The van der Waals surface area contributed by atoms with Gasteiger partial charge in [-0.15, -0.1) is 0 Å². The van der Waals surface area contributed by atoms with Crippen molar-refractivity contribution in [2.75, 3.05) is 12.4 Å². The van der Waals surface area contributed by atoms with E-state index in [2.05, 4.69) is 12.2 Å². The SMILES string of the molecule is COc1ccc(NC(C)CCc2ccco2)cc1. The Labute approximate surface area is 108 Å². The zero-order chi connectivity index (χ0) is 12.8. The summed E-state index contributed by atoms with van der Waals surface area (Å²) in [6.45, 7) is 2.17. The van der Waals surface area contributed by atoms with E-state index in [-0.39, 0.29) is 0 Å². The van der Waals surface area contributed by atoms with E-state index in [1.165, 1.54) is 0 Å². The third kappa shape index (κ3) is 3.55. The average Bonchev–Trinajstić information content (AvgIpc) is 2.90. The molecule has 0 saturated carbocycles. The number of hydrogen-bond donors (Lipinski definition) is 1. The number of methoxy groups -OCH3 is 1. The summed E-state index contributed by atoms with van der Waals surface area (Å²) in [6.07, 6.45) is 3.72. The smallest absolute Gasteiger partial charge is 0.119 e. The van der Waals surface area contributed by atoms with Crippen LogP contribution in [-0.2, 0) is 6.42 Å². The first-order chi connectivity index (χ1) is 8.78. The molecule has 18 heavy (non-hydrogen) atoms. The highest BCUT2D eigenvalue weighted by molar-refractivity contribution is 5.46. The Bertz CT molecular complexity index is 448. The first kappa shape index (κ1) is 12.6. The normalized spacial score (nSPS) is 12.1. The van der Waals surface area contributed by atoms with Crippen molar-refractivity contribution in [2.24, 2.45) is 0 Å². The van der Waals surface area contributed by atoms with Crippen molar-refractivity contribution < 1.29 is 9.15 Å². The summed E-state index contributed by atoms with van der Waals surface area (Å²) >= 11 is 0. The van der Waals surface area contributed by atoms with Crippen molar-refractivity contribution in [3.8, 4) is 5.75 Å². The van der Waals surface area contributed by atoms with Gasteiger partial charge in [-0.25, -0.2) is 0 Å². The fraction of sp³-hybridized carbons (Fsp3) is 0.333. The lowest BCUT2D eigenvalue weighted by Crippen LogP contribution is -2.15. The van der Waals surface area contributed by atoms with Crippen LogP contribution in [-0.4, -0.2) is 13.2 Å². The molecule has 1 heterocycles. The molecule has 0 saturated heterocycles. The van der Waals surface area contributed by atoms with Crippen LogP contribution in [0.5, 0.6) is 5.75 Å². The molecule has 3 heteroatoms. The summed E-state index contributed by atoms with van der Waals surface area (Å²) in [4.78, 5) is 0. The van der Waals surface area contributed by atoms with Crippen molar-refractivity contribution >= 4 is 5.69 Å². The molecule has 0 bridgehead atoms. The second-order valence-corrected chi connectivity index (χ2v) is 4.39. The Hall–Kier alpha value is -1.90. The molecular weight excluding hydrogens is 226 g/mol. The average molecular weight is 245 g/mol. The fourth-order valence-electron chi connectivity index (χ4n) is 1.86. The quantitative estimate of drug-likeness (QED) is 0.842. The van der Waals surface area contributed by atoms with Gasteiger partial charge in [0.1, 0.15) is 11.5 Å². The predicted molar refractivity (Wildman–Crippen MR) is 73.1 cm³/mol. The molecule has 0 aliphatic carbocycles. The van der Waals surface area contributed by atoms with Gasteiger partial charge in [0.2, 0.25) is 0 Å². The van der Waals surface area contributed by atoms with Crippen LogP contribution >= 0.6 is 0 Å². The van der Waals surface area contributed by atoms with Gasteiger partial charge in [-0.2, -0.15) is 0 Å². The van der Waals surface area contributed by atoms with Crippen LogP contribution in [0.1, 0.15) is 19.1 Å². The van der Waals surface area contributed by atoms with Crippen LogP contribution < -0.4 is 10.1 Å². The van der Waals surface area contributed by atoms with E-state index in [0.717, 1.165) is 30.0 Å². The van der Waals surface area contributed by atoms with Crippen LogP contribution in [0.2, 0.25) is 0 Å². The van der Waals surface area contributed by atoms with Crippen molar-refractivity contribution in [3.63, 3.8) is 0 Å². The summed E-state index contributed by atoms with van der Waals surface area (Å²) in [5.41, 5.74) is 1.11. The highest BCUT2D eigenvalue weighted by Crippen LogP contribution is 2.17. The Balaban J connectivity index is 1.80. The Kier molecular flexibility index (Phi) is 4.29. The highest BCUT2D eigenvalue weighted by Gasteiger charge is 2.04. The lowest BCUT2D eigenvalue weighted by atomic mass is 10.1. The minimum absolute atomic E-state index is 0.406. The molecule has 0 aliphatic heterocycles. The van der Waals surface area contributed by atoms with E-state index in [4.69, 9.17) is 9.15 Å². The molecule has 0 radical (unpaired) electrons. The van der Waals surface area contributed by atoms with Crippen molar-refractivity contribution in [3.05, 3.63) is 48.4 Å². The van der Waals surface area contributed by atoms with Gasteiger partial charge >= 0.3 is 0 Å². The minimum Gasteiger partial charge on any atom is -0.497 e. The summed E-state index contributed by atoms with van der Waals surface area (Å²) in [7, 11) is 1.68. The summed E-state index contributed by atoms with van der Waals surface area (Å²) < 4.78 is 10.5. The zero-order valence-corrected chi connectivity index (χ0v) is 10.8. The van der Waals surface area contributed by atoms with Gasteiger partial charge in [0.25, 0.3) is 0 Å².